The largest absolute Gasteiger partial charge is 0.337 e. The summed E-state index contributed by atoms with van der Waals surface area (Å²) in [7, 11) is 0. The number of aromatic amines is 2. The molecule has 6 heteroatoms. The lowest BCUT2D eigenvalue weighted by atomic mass is 10.0. The fraction of sp³-hybridized carbons (Fsp3) is 0. The molecule has 0 amide bonds. The van der Waals surface area contributed by atoms with E-state index in [1.165, 1.54) is 0 Å². The monoisotopic (exact) mass is 390 g/mol. The normalized spacial score (nSPS) is 11.6. The average Bonchev–Trinajstić information content (AvgIpc) is 3.08. The molecule has 3 heterocycles. The first kappa shape index (κ1) is 14.4. The van der Waals surface area contributed by atoms with Crippen LogP contribution in [0.2, 0.25) is 0 Å². The summed E-state index contributed by atoms with van der Waals surface area (Å²) in [4.78, 5) is 27.6. The molecule has 0 radical (unpaired) electrons. The van der Waals surface area contributed by atoms with Crippen LogP contribution in [0.1, 0.15) is 0 Å². The number of fused-ring (bicyclic) bond motifs is 6. The predicted molar refractivity (Wildman–Crippen MR) is 103 cm³/mol. The minimum Gasteiger partial charge on any atom is -0.337 e. The summed E-state index contributed by atoms with van der Waals surface area (Å²) in [6.07, 6.45) is 5.16. The van der Waals surface area contributed by atoms with Crippen molar-refractivity contribution in [3.8, 4) is 11.4 Å². The number of nitrogens with one attached hydrogen (secondary N) is 2. The van der Waals surface area contributed by atoms with Gasteiger partial charge in [-0.3, -0.25) is 9.78 Å². The van der Waals surface area contributed by atoms with E-state index in [-0.39, 0.29) is 5.56 Å². The molecule has 5 aromatic rings. The summed E-state index contributed by atoms with van der Waals surface area (Å²) < 4.78 is 0.927. The van der Waals surface area contributed by atoms with Gasteiger partial charge in [0.05, 0.1) is 16.4 Å². The van der Waals surface area contributed by atoms with Gasteiger partial charge in [0.2, 0.25) is 0 Å². The van der Waals surface area contributed by atoms with E-state index in [1.807, 2.05) is 36.4 Å². The summed E-state index contributed by atoms with van der Waals surface area (Å²) in [5.41, 5.74) is 2.49. The third-order valence-electron chi connectivity index (χ3n) is 4.38. The second-order valence-corrected chi connectivity index (χ2v) is 6.75. The zero-order valence-corrected chi connectivity index (χ0v) is 14.5. The molecule has 0 saturated carbocycles. The highest BCUT2D eigenvalue weighted by atomic mass is 79.9. The summed E-state index contributed by atoms with van der Waals surface area (Å²) >= 11 is 3.50. The van der Waals surface area contributed by atoms with Gasteiger partial charge >= 0.3 is 0 Å². The molecule has 0 aliphatic rings. The molecule has 25 heavy (non-hydrogen) atoms. The van der Waals surface area contributed by atoms with Gasteiger partial charge in [-0.05, 0) is 35.7 Å². The lowest BCUT2D eigenvalue weighted by Crippen LogP contribution is -2.05. The maximum Gasteiger partial charge on any atom is 0.256 e. The molecular weight excluding hydrogens is 380 g/mol. The molecule has 0 spiro atoms. The molecule has 2 aromatic carbocycles. The molecule has 5 rings (SSSR count). The van der Waals surface area contributed by atoms with Crippen LogP contribution in [-0.4, -0.2) is 19.9 Å². The predicted octanol–water partition coefficient (Wildman–Crippen LogP) is 4.38. The molecule has 2 N–H and O–H groups in total. The van der Waals surface area contributed by atoms with Crippen LogP contribution in [0.25, 0.3) is 44.0 Å². The smallest absolute Gasteiger partial charge is 0.256 e. The van der Waals surface area contributed by atoms with Crippen molar-refractivity contribution in [2.24, 2.45) is 0 Å². The maximum atomic E-state index is 12.5. The van der Waals surface area contributed by atoms with Crippen LogP contribution >= 0.6 is 15.9 Å². The Morgan fingerprint density at radius 3 is 2.80 bits per heavy atom. The van der Waals surface area contributed by atoms with Crippen molar-refractivity contribution >= 4 is 48.5 Å². The Hall–Kier alpha value is -2.99. The first-order valence-electron chi connectivity index (χ1n) is 7.75. The minimum atomic E-state index is -0.117. The number of pyridine rings is 2. The molecule has 0 unspecified atom stereocenters. The molecule has 120 valence electrons. The van der Waals surface area contributed by atoms with E-state index in [0.29, 0.717) is 5.39 Å². The van der Waals surface area contributed by atoms with Crippen LogP contribution in [-0.2, 0) is 0 Å². The van der Waals surface area contributed by atoms with Crippen molar-refractivity contribution in [3.63, 3.8) is 0 Å². The van der Waals surface area contributed by atoms with Gasteiger partial charge in [0.15, 0.2) is 0 Å². The van der Waals surface area contributed by atoms with Gasteiger partial charge in [-0.15, -0.1) is 0 Å². The second-order valence-electron chi connectivity index (χ2n) is 5.84. The lowest BCUT2D eigenvalue weighted by Gasteiger charge is -2.05. The van der Waals surface area contributed by atoms with Crippen LogP contribution < -0.4 is 5.56 Å². The lowest BCUT2D eigenvalue weighted by molar-refractivity contribution is 1.27. The van der Waals surface area contributed by atoms with Gasteiger partial charge in [-0.25, -0.2) is 4.98 Å². The van der Waals surface area contributed by atoms with E-state index >= 15 is 0 Å². The Morgan fingerprint density at radius 1 is 1.04 bits per heavy atom. The highest BCUT2D eigenvalue weighted by molar-refractivity contribution is 9.10. The third-order valence-corrected chi connectivity index (χ3v) is 4.87. The van der Waals surface area contributed by atoms with Gasteiger partial charge in [-0.1, -0.05) is 22.0 Å². The van der Waals surface area contributed by atoms with Crippen molar-refractivity contribution in [1.29, 1.82) is 0 Å². The Bertz CT molecular complexity index is 1320. The fourth-order valence-electron chi connectivity index (χ4n) is 3.29. The van der Waals surface area contributed by atoms with Crippen LogP contribution in [0.5, 0.6) is 0 Å². The van der Waals surface area contributed by atoms with E-state index < -0.39 is 0 Å². The van der Waals surface area contributed by atoms with E-state index in [2.05, 4.69) is 30.9 Å². The number of nitrogens with zero attached hydrogens (tertiary/aromatic N) is 2. The van der Waals surface area contributed by atoms with Crippen molar-refractivity contribution in [1.82, 2.24) is 19.9 Å². The Morgan fingerprint density at radius 2 is 1.96 bits per heavy atom. The Labute approximate surface area is 149 Å². The molecule has 3 aromatic heterocycles. The number of rotatable bonds is 1. The summed E-state index contributed by atoms with van der Waals surface area (Å²) in [5, 5.41) is 3.33. The van der Waals surface area contributed by atoms with Crippen LogP contribution in [0.3, 0.4) is 0 Å². The maximum absolute atomic E-state index is 12.5. The van der Waals surface area contributed by atoms with Crippen molar-refractivity contribution in [3.05, 3.63) is 69.8 Å². The number of halogens is 1. The van der Waals surface area contributed by atoms with E-state index in [1.54, 1.807) is 18.6 Å². The highest BCUT2D eigenvalue weighted by Crippen LogP contribution is 2.34. The van der Waals surface area contributed by atoms with Crippen molar-refractivity contribution < 1.29 is 0 Å². The zero-order valence-electron chi connectivity index (χ0n) is 12.9. The summed E-state index contributed by atoms with van der Waals surface area (Å²) in [6, 6.07) is 11.7. The first-order chi connectivity index (χ1) is 12.2. The van der Waals surface area contributed by atoms with E-state index in [0.717, 1.165) is 43.1 Å². The zero-order chi connectivity index (χ0) is 17.0. The molecular formula is C19H11BrN4O. The van der Waals surface area contributed by atoms with Gasteiger partial charge in [0, 0.05) is 39.4 Å². The number of imidazole rings is 1. The molecule has 0 aliphatic carbocycles. The number of hydrogen-bond acceptors (Lipinski definition) is 3. The molecule has 0 fully saturated rings. The topological polar surface area (TPSA) is 74.4 Å². The number of aromatic nitrogens is 4. The summed E-state index contributed by atoms with van der Waals surface area (Å²) in [5.74, 6) is 0.736. The molecule has 0 aliphatic heterocycles. The Kier molecular flexibility index (Phi) is 3.02. The van der Waals surface area contributed by atoms with Gasteiger partial charge in [-0.2, -0.15) is 0 Å². The van der Waals surface area contributed by atoms with E-state index in [9.17, 15) is 4.79 Å². The molecule has 0 bridgehead atoms. The fourth-order valence-corrected chi connectivity index (χ4v) is 3.65. The number of hydrogen-bond donors (Lipinski definition) is 2. The van der Waals surface area contributed by atoms with Crippen LogP contribution in [0, 0.1) is 0 Å². The molecule has 0 atom stereocenters. The quantitative estimate of drug-likeness (QED) is 0.417. The highest BCUT2D eigenvalue weighted by Gasteiger charge is 2.15. The van der Waals surface area contributed by atoms with Gasteiger partial charge in [0.25, 0.3) is 5.56 Å². The van der Waals surface area contributed by atoms with Gasteiger partial charge in [0.1, 0.15) is 5.82 Å². The first-order valence-corrected chi connectivity index (χ1v) is 8.54. The third kappa shape index (κ3) is 2.11. The number of benzene rings is 2. The summed E-state index contributed by atoms with van der Waals surface area (Å²) in [6.45, 7) is 0. The Balaban J connectivity index is 2.03. The van der Waals surface area contributed by atoms with Crippen LogP contribution in [0.4, 0.5) is 0 Å². The SMILES string of the molecule is O=c1[nH]ccc2c3nc(-c4cccnc4)[nH]c3c3ccc(Br)cc3c12. The van der Waals surface area contributed by atoms with E-state index in [4.69, 9.17) is 4.98 Å². The molecule has 0 saturated heterocycles. The number of H-pyrrole nitrogens is 2. The standard InChI is InChI=1S/C19H11BrN4O/c20-11-3-4-12-14(8-11)15-13(5-7-22-19(15)25)17-16(12)23-18(24-17)10-2-1-6-21-9-10/h1-9H,(H,22,25)(H,23,24). The van der Waals surface area contributed by atoms with Crippen molar-refractivity contribution in [2.75, 3.05) is 0 Å². The minimum absolute atomic E-state index is 0.117. The second kappa shape index (κ2) is 5.26. The molecule has 5 nitrogen and oxygen atoms in total. The van der Waals surface area contributed by atoms with Crippen LogP contribution in [0.15, 0.2) is 64.3 Å². The average molecular weight is 391 g/mol. The van der Waals surface area contributed by atoms with Gasteiger partial charge < -0.3 is 9.97 Å². The van der Waals surface area contributed by atoms with Crippen molar-refractivity contribution in [2.45, 2.75) is 0 Å².